The Kier molecular flexibility index (Phi) is 10.3. The highest BCUT2D eigenvalue weighted by Gasteiger charge is 2.62. The van der Waals surface area contributed by atoms with E-state index >= 15 is 0 Å². The molecule has 0 heterocycles. The molecule has 0 aromatic rings. The second kappa shape index (κ2) is 13.6. The van der Waals surface area contributed by atoms with Crippen LogP contribution >= 0.6 is 0 Å². The van der Waals surface area contributed by atoms with Crippen molar-refractivity contribution >= 4 is 29.4 Å². The number of esters is 1. The normalized spacial score (nSPS) is 32.8. The minimum Gasteiger partial charge on any atom is -0.480 e. The van der Waals surface area contributed by atoms with E-state index in [4.69, 9.17) is 4.74 Å². The molecular weight excluding hydrogens is 576 g/mol. The number of carbonyl (C=O) groups is 5. The third-order valence-electron chi connectivity index (χ3n) is 10.5. The second-order valence-electron chi connectivity index (χ2n) is 13.1. The molecule has 3 fully saturated rings. The maximum absolute atomic E-state index is 13.4. The van der Waals surface area contributed by atoms with Crippen molar-refractivity contribution in [2.75, 3.05) is 13.2 Å². The van der Waals surface area contributed by atoms with Gasteiger partial charge >= 0.3 is 11.9 Å². The van der Waals surface area contributed by atoms with Gasteiger partial charge in [0.2, 0.25) is 5.91 Å². The Labute approximate surface area is 255 Å². The summed E-state index contributed by atoms with van der Waals surface area (Å²) >= 11 is 0. The molecule has 0 aromatic heterocycles. The fourth-order valence-electron chi connectivity index (χ4n) is 8.50. The maximum Gasteiger partial charge on any atom is 0.326 e. The lowest BCUT2D eigenvalue weighted by atomic mass is 9.46. The van der Waals surface area contributed by atoms with E-state index < -0.39 is 64.9 Å². The van der Waals surface area contributed by atoms with Crippen molar-refractivity contribution in [2.45, 2.75) is 90.2 Å². The lowest BCUT2D eigenvalue weighted by Crippen LogP contribution is -2.56. The molecule has 8 unspecified atom stereocenters. The van der Waals surface area contributed by atoms with Crippen LogP contribution in [0.2, 0.25) is 0 Å². The number of nitrogens with zero attached hydrogens (tertiary/aromatic N) is 1. The third-order valence-corrected chi connectivity index (χ3v) is 10.5. The number of carboxylic acids is 1. The van der Waals surface area contributed by atoms with Crippen LogP contribution in [0.4, 0.5) is 0 Å². The van der Waals surface area contributed by atoms with Gasteiger partial charge in [-0.05, 0) is 74.3 Å². The fourth-order valence-corrected chi connectivity index (χ4v) is 8.50. The second-order valence-corrected chi connectivity index (χ2v) is 13.1. The largest absolute Gasteiger partial charge is 0.480 e. The average Bonchev–Trinajstić information content (AvgIpc) is 3.29. The molecule has 8 atom stereocenters. The number of aliphatic hydroxyl groups is 1. The SMILES string of the molecule is CC12C=CC(=O)C=C1CCC1C2C(O)CC2(C)C(C(=O)COC(=O)CC(NC(=O)CCCCCO[N+](=O)[O-])C(=O)O)CCC12. The number of aliphatic carboxylic acids is 1. The Morgan fingerprint density at radius 1 is 1.16 bits per heavy atom. The van der Waals surface area contributed by atoms with Gasteiger partial charge in [0, 0.05) is 23.7 Å². The van der Waals surface area contributed by atoms with Crippen molar-refractivity contribution in [3.05, 3.63) is 33.9 Å². The number of ether oxygens (including phenoxy) is 1. The molecule has 0 saturated heterocycles. The fraction of sp³-hybridized carbons (Fsp3) is 0.710. The van der Waals surface area contributed by atoms with E-state index in [1.165, 1.54) is 0 Å². The quantitative estimate of drug-likeness (QED) is 0.112. The topological polar surface area (TPSA) is 199 Å². The van der Waals surface area contributed by atoms with Gasteiger partial charge in [-0.15, -0.1) is 10.1 Å². The van der Waals surface area contributed by atoms with E-state index in [1.807, 2.05) is 13.0 Å². The van der Waals surface area contributed by atoms with E-state index in [-0.39, 0.29) is 42.3 Å². The number of Topliss-reactive ketones (excluding diaryl/α,β-unsaturated/α-hetero) is 1. The summed E-state index contributed by atoms with van der Waals surface area (Å²) in [4.78, 5) is 76.0. The number of carbonyl (C=O) groups excluding carboxylic acids is 4. The lowest BCUT2D eigenvalue weighted by molar-refractivity contribution is -0.757. The number of hydrogen-bond donors (Lipinski definition) is 3. The number of hydrogen-bond acceptors (Lipinski definition) is 10. The highest BCUT2D eigenvalue weighted by molar-refractivity contribution is 6.01. The van der Waals surface area contributed by atoms with Gasteiger partial charge in [-0.2, -0.15) is 0 Å². The number of rotatable bonds is 14. The van der Waals surface area contributed by atoms with Crippen LogP contribution in [0.5, 0.6) is 0 Å². The summed E-state index contributed by atoms with van der Waals surface area (Å²) in [6.07, 6.45) is 8.47. The molecule has 242 valence electrons. The van der Waals surface area contributed by atoms with Gasteiger partial charge < -0.3 is 25.1 Å². The minimum atomic E-state index is -1.53. The Balaban J connectivity index is 1.28. The molecule has 13 nitrogen and oxygen atoms in total. The van der Waals surface area contributed by atoms with Crippen LogP contribution < -0.4 is 5.32 Å². The average molecular weight is 619 g/mol. The molecule has 13 heteroatoms. The summed E-state index contributed by atoms with van der Waals surface area (Å²) < 4.78 is 5.20. The maximum atomic E-state index is 13.4. The number of aliphatic hydroxyl groups excluding tert-OH is 1. The molecule has 0 spiro atoms. The van der Waals surface area contributed by atoms with Gasteiger partial charge in [-0.3, -0.25) is 19.2 Å². The van der Waals surface area contributed by atoms with Crippen molar-refractivity contribution < 1.29 is 48.8 Å². The van der Waals surface area contributed by atoms with Gasteiger partial charge in [0.05, 0.1) is 19.1 Å². The summed E-state index contributed by atoms with van der Waals surface area (Å²) in [6, 6.07) is -1.53. The van der Waals surface area contributed by atoms with Crippen LogP contribution in [0.1, 0.15) is 78.1 Å². The number of nitrogens with one attached hydrogen (secondary N) is 1. The predicted molar refractivity (Wildman–Crippen MR) is 153 cm³/mol. The Hall–Kier alpha value is -3.61. The number of carboxylic acid groups (broad SMARTS) is 1. The van der Waals surface area contributed by atoms with Crippen molar-refractivity contribution in [3.63, 3.8) is 0 Å². The zero-order valence-electron chi connectivity index (χ0n) is 25.2. The number of ketones is 2. The zero-order chi connectivity index (χ0) is 32.2. The van der Waals surface area contributed by atoms with E-state index in [2.05, 4.69) is 17.1 Å². The molecule has 0 aromatic carbocycles. The van der Waals surface area contributed by atoms with Crippen LogP contribution in [-0.4, -0.2) is 70.1 Å². The van der Waals surface area contributed by atoms with Crippen LogP contribution in [0.3, 0.4) is 0 Å². The highest BCUT2D eigenvalue weighted by atomic mass is 16.9. The van der Waals surface area contributed by atoms with Crippen LogP contribution in [0.15, 0.2) is 23.8 Å². The molecule has 3 N–H and O–H groups in total. The van der Waals surface area contributed by atoms with E-state index in [1.54, 1.807) is 12.2 Å². The summed E-state index contributed by atoms with van der Waals surface area (Å²) in [5.74, 6) is -3.34. The molecule has 4 rings (SSSR count). The standard InChI is InChI=1S/C31H42N2O11/c1-30-12-11-19(34)14-18(30)7-8-20-21-9-10-22(31(21,2)16-24(35)28(20)30)25(36)17-43-27(38)15-23(29(39)40)32-26(37)6-4-3-5-13-44-33(41)42/h11-12,14,20-24,28,35H,3-10,13,15-17H2,1-2H3,(H,32,37)(H,39,40). The van der Waals surface area contributed by atoms with Crippen molar-refractivity contribution in [1.82, 2.24) is 5.32 Å². The smallest absolute Gasteiger partial charge is 0.326 e. The number of amides is 1. The van der Waals surface area contributed by atoms with Crippen LogP contribution in [0, 0.1) is 44.6 Å². The molecule has 4 aliphatic rings. The Morgan fingerprint density at radius 3 is 2.61 bits per heavy atom. The summed E-state index contributed by atoms with van der Waals surface area (Å²) in [5.41, 5.74) is 0.171. The zero-order valence-corrected chi connectivity index (χ0v) is 25.2. The van der Waals surface area contributed by atoms with Gasteiger partial charge in [0.1, 0.15) is 12.6 Å². The van der Waals surface area contributed by atoms with E-state index in [0.717, 1.165) is 24.8 Å². The first-order valence-electron chi connectivity index (χ1n) is 15.4. The highest BCUT2D eigenvalue weighted by Crippen LogP contribution is 2.66. The number of fused-ring (bicyclic) bond motifs is 5. The molecule has 0 aliphatic heterocycles. The first-order valence-corrected chi connectivity index (χ1v) is 15.4. The molecule has 3 saturated carbocycles. The third kappa shape index (κ3) is 7.03. The molecule has 44 heavy (non-hydrogen) atoms. The molecule has 0 bridgehead atoms. The first-order chi connectivity index (χ1) is 20.8. The molecule has 0 radical (unpaired) electrons. The van der Waals surface area contributed by atoms with Gasteiger partial charge in [0.15, 0.2) is 11.6 Å². The van der Waals surface area contributed by atoms with Gasteiger partial charge in [-0.1, -0.05) is 31.9 Å². The Morgan fingerprint density at radius 2 is 1.91 bits per heavy atom. The summed E-state index contributed by atoms with van der Waals surface area (Å²) in [6.45, 7) is 3.51. The lowest BCUT2D eigenvalue weighted by Gasteiger charge is -2.58. The van der Waals surface area contributed by atoms with Crippen molar-refractivity contribution in [2.24, 2.45) is 34.5 Å². The first kappa shape index (κ1) is 33.3. The molecular formula is C31H42N2O11. The van der Waals surface area contributed by atoms with E-state index in [0.29, 0.717) is 32.1 Å². The number of unbranched alkanes of at least 4 members (excludes halogenated alkanes) is 2. The minimum absolute atomic E-state index is 0.0283. The summed E-state index contributed by atoms with van der Waals surface area (Å²) in [5, 5.41) is 32.5. The Bertz CT molecular complexity index is 1240. The van der Waals surface area contributed by atoms with Gasteiger partial charge in [0.25, 0.3) is 5.09 Å². The number of allylic oxidation sites excluding steroid dienone is 4. The monoisotopic (exact) mass is 618 g/mol. The molecule has 4 aliphatic carbocycles. The van der Waals surface area contributed by atoms with E-state index in [9.17, 15) is 44.3 Å². The van der Waals surface area contributed by atoms with Crippen LogP contribution in [0.25, 0.3) is 0 Å². The molecule has 1 amide bonds. The van der Waals surface area contributed by atoms with Crippen molar-refractivity contribution in [3.8, 4) is 0 Å². The van der Waals surface area contributed by atoms with Gasteiger partial charge in [-0.25, -0.2) is 4.79 Å². The van der Waals surface area contributed by atoms with Crippen molar-refractivity contribution in [1.29, 1.82) is 0 Å². The predicted octanol–water partition coefficient (Wildman–Crippen LogP) is 2.72. The summed E-state index contributed by atoms with van der Waals surface area (Å²) in [7, 11) is 0. The van der Waals surface area contributed by atoms with Crippen LogP contribution in [-0.2, 0) is 33.5 Å².